The van der Waals surface area contributed by atoms with Gasteiger partial charge in [0.15, 0.2) is 0 Å². The molecule has 0 aliphatic heterocycles. The average molecular weight is 163 g/mol. The summed E-state index contributed by atoms with van der Waals surface area (Å²) in [4.78, 5) is 9.20. The summed E-state index contributed by atoms with van der Waals surface area (Å²) in [5.74, 6) is 0. The van der Waals surface area contributed by atoms with E-state index in [4.69, 9.17) is 0 Å². The maximum Gasteiger partial charge on any atom is 0.150 e. The van der Waals surface area contributed by atoms with Crippen LogP contribution in [-0.4, -0.2) is 31.7 Å². The SMILES string of the molecule is [CH2]CCC[SiH](O)[SiH2][SiH3]. The first-order chi connectivity index (χ1) is 3.81. The summed E-state index contributed by atoms with van der Waals surface area (Å²) in [6.45, 7) is 3.73. The zero-order chi connectivity index (χ0) is 6.41. The van der Waals surface area contributed by atoms with Crippen LogP contribution in [0.3, 0.4) is 0 Å². The van der Waals surface area contributed by atoms with Crippen molar-refractivity contribution in [2.75, 3.05) is 0 Å². The van der Waals surface area contributed by atoms with Crippen LogP contribution in [0, 0.1) is 6.92 Å². The van der Waals surface area contributed by atoms with Crippen molar-refractivity contribution in [3.8, 4) is 0 Å². The molecule has 0 aliphatic rings. The van der Waals surface area contributed by atoms with E-state index in [0.29, 0.717) is 0 Å². The molecular weight excluding hydrogens is 148 g/mol. The first kappa shape index (κ1) is 8.61. The van der Waals surface area contributed by atoms with Crippen molar-refractivity contribution in [3.63, 3.8) is 0 Å². The Kier molecular flexibility index (Phi) is 6.18. The second-order valence-corrected chi connectivity index (χ2v) is 17.4. The highest BCUT2D eigenvalue weighted by Gasteiger charge is 2.00. The Morgan fingerprint density at radius 2 is 2.38 bits per heavy atom. The Hall–Kier alpha value is 0.611. The summed E-state index contributed by atoms with van der Waals surface area (Å²) in [6.07, 6.45) is 2.18. The molecule has 0 amide bonds. The molecule has 8 heavy (non-hydrogen) atoms. The van der Waals surface area contributed by atoms with Gasteiger partial charge in [-0.05, 0) is 15.8 Å². The van der Waals surface area contributed by atoms with Crippen LogP contribution in [-0.2, 0) is 0 Å². The molecule has 0 bridgehead atoms. The highest BCUT2D eigenvalue weighted by molar-refractivity contribution is 7.28. The Bertz CT molecular complexity index is 50.5. The van der Waals surface area contributed by atoms with Crippen molar-refractivity contribution in [1.29, 1.82) is 0 Å². The summed E-state index contributed by atoms with van der Waals surface area (Å²) in [6, 6.07) is 1.15. The summed E-state index contributed by atoms with van der Waals surface area (Å²) >= 11 is 0. The van der Waals surface area contributed by atoms with Crippen LogP contribution >= 0.6 is 0 Å². The molecule has 0 fully saturated rings. The third-order valence-electron chi connectivity index (χ3n) is 1.26. The molecule has 0 aromatic rings. The van der Waals surface area contributed by atoms with Crippen molar-refractivity contribution in [2.24, 2.45) is 0 Å². The number of unbranched alkanes of at least 4 members (excludes halogenated alkanes) is 1. The molecule has 1 radical (unpaired) electrons. The van der Waals surface area contributed by atoms with Crippen molar-refractivity contribution in [3.05, 3.63) is 6.92 Å². The van der Waals surface area contributed by atoms with Crippen LogP contribution < -0.4 is 0 Å². The Morgan fingerprint density at radius 3 is 2.75 bits per heavy atom. The lowest BCUT2D eigenvalue weighted by atomic mass is 10.4. The monoisotopic (exact) mass is 163 g/mol. The van der Waals surface area contributed by atoms with Gasteiger partial charge in [0.2, 0.25) is 0 Å². The van der Waals surface area contributed by atoms with E-state index >= 15 is 0 Å². The Morgan fingerprint density at radius 1 is 1.75 bits per heavy atom. The largest absolute Gasteiger partial charge is 0.439 e. The normalized spacial score (nSPS) is 15.8. The molecule has 1 nitrogen and oxygen atoms in total. The first-order valence-electron chi connectivity index (χ1n) is 3.28. The van der Waals surface area contributed by atoms with Gasteiger partial charge < -0.3 is 4.80 Å². The topological polar surface area (TPSA) is 20.2 Å². The van der Waals surface area contributed by atoms with Crippen LogP contribution in [0.2, 0.25) is 6.04 Å². The highest BCUT2D eigenvalue weighted by Crippen LogP contribution is 1.95. The fraction of sp³-hybridized carbons (Fsp3) is 0.750. The molecule has 0 heterocycles. The van der Waals surface area contributed by atoms with Crippen molar-refractivity contribution < 1.29 is 4.80 Å². The van der Waals surface area contributed by atoms with Gasteiger partial charge in [-0.1, -0.05) is 19.8 Å². The van der Waals surface area contributed by atoms with Crippen molar-refractivity contribution in [1.82, 2.24) is 0 Å². The summed E-state index contributed by atoms with van der Waals surface area (Å²) in [5.41, 5.74) is 0. The number of rotatable bonds is 4. The molecule has 0 spiro atoms. The molecule has 0 saturated heterocycles. The van der Waals surface area contributed by atoms with E-state index in [-0.39, 0.29) is 8.55 Å². The average Bonchev–Trinajstić information content (AvgIpc) is 1.83. The number of hydrogen-bond donors (Lipinski definition) is 1. The smallest absolute Gasteiger partial charge is 0.150 e. The van der Waals surface area contributed by atoms with E-state index in [9.17, 15) is 4.80 Å². The van der Waals surface area contributed by atoms with Crippen LogP contribution in [0.25, 0.3) is 0 Å². The maximum atomic E-state index is 9.20. The summed E-state index contributed by atoms with van der Waals surface area (Å²) in [7, 11) is 0.405. The van der Waals surface area contributed by atoms with Crippen LogP contribution in [0.1, 0.15) is 12.8 Å². The van der Waals surface area contributed by atoms with Gasteiger partial charge in [0, 0.05) is 8.55 Å². The number of hydrogen-bond acceptors (Lipinski definition) is 1. The second-order valence-electron chi connectivity index (χ2n) is 2.06. The molecule has 0 saturated carbocycles. The molecule has 1 atom stereocenters. The van der Waals surface area contributed by atoms with E-state index in [1.807, 2.05) is 0 Å². The minimum atomic E-state index is -1.04. The van der Waals surface area contributed by atoms with Gasteiger partial charge in [-0.3, -0.25) is 0 Å². The Balaban J connectivity index is 2.86. The second kappa shape index (κ2) is 5.74. The van der Waals surface area contributed by atoms with E-state index in [2.05, 4.69) is 6.92 Å². The molecule has 4 heteroatoms. The highest BCUT2D eigenvalue weighted by atomic mass is 29.5. The van der Waals surface area contributed by atoms with Gasteiger partial charge in [-0.25, -0.2) is 0 Å². The van der Waals surface area contributed by atoms with Gasteiger partial charge in [-0.15, -0.1) is 0 Å². The lowest BCUT2D eigenvalue weighted by Crippen LogP contribution is -2.21. The molecule has 0 aromatic carbocycles. The molecule has 0 aliphatic carbocycles. The van der Waals surface area contributed by atoms with Crippen LogP contribution in [0.5, 0.6) is 0 Å². The van der Waals surface area contributed by atoms with Crippen molar-refractivity contribution in [2.45, 2.75) is 18.9 Å². The van der Waals surface area contributed by atoms with Gasteiger partial charge in [-0.2, -0.15) is 0 Å². The summed E-state index contributed by atoms with van der Waals surface area (Å²) < 4.78 is 0. The molecule has 0 rings (SSSR count). The fourth-order valence-corrected chi connectivity index (χ4v) is 7.52. The van der Waals surface area contributed by atoms with E-state index < -0.39 is 8.56 Å². The predicted molar refractivity (Wildman–Crippen MR) is 47.2 cm³/mol. The molecule has 1 N–H and O–H groups in total. The van der Waals surface area contributed by atoms with Gasteiger partial charge in [0.25, 0.3) is 0 Å². The molecular formula is C4H15OSi3. The molecule has 0 aromatic heterocycles. The third kappa shape index (κ3) is 4.76. The molecule has 49 valence electrons. The van der Waals surface area contributed by atoms with E-state index in [0.717, 1.165) is 12.5 Å². The van der Waals surface area contributed by atoms with Crippen molar-refractivity contribution >= 4 is 26.9 Å². The Labute approximate surface area is 58.1 Å². The zero-order valence-electron chi connectivity index (χ0n) is 5.56. The lowest BCUT2D eigenvalue weighted by Gasteiger charge is -2.00. The lowest BCUT2D eigenvalue weighted by molar-refractivity contribution is 0.586. The standard InChI is InChI=1S/C4H15OSi3/c1-2-3-4-8(5)7-6/h5,8H,1-4,7H2,6H3. The van der Waals surface area contributed by atoms with E-state index in [1.54, 1.807) is 0 Å². The zero-order valence-corrected chi connectivity index (χ0v) is 10.1. The fourth-order valence-electron chi connectivity index (χ4n) is 0.584. The predicted octanol–water partition coefficient (Wildman–Crippen LogP) is -1.74. The van der Waals surface area contributed by atoms with Crippen LogP contribution in [0.15, 0.2) is 0 Å². The van der Waals surface area contributed by atoms with Gasteiger partial charge in [0.05, 0.1) is 0 Å². The maximum absolute atomic E-state index is 9.20. The third-order valence-corrected chi connectivity index (χ3v) is 15.8. The first-order valence-corrected chi connectivity index (χ1v) is 13.5. The quantitative estimate of drug-likeness (QED) is 0.488. The molecule has 1 unspecified atom stereocenters. The van der Waals surface area contributed by atoms with E-state index in [1.165, 1.54) is 16.2 Å². The minimum Gasteiger partial charge on any atom is -0.439 e. The van der Waals surface area contributed by atoms with Gasteiger partial charge in [0.1, 0.15) is 8.56 Å². The minimum absolute atomic E-state index is 0.124. The van der Waals surface area contributed by atoms with Crippen LogP contribution in [0.4, 0.5) is 0 Å². The summed E-state index contributed by atoms with van der Waals surface area (Å²) in [5, 5.41) is 0. The van der Waals surface area contributed by atoms with Gasteiger partial charge >= 0.3 is 0 Å².